The lowest BCUT2D eigenvalue weighted by molar-refractivity contribution is 0.0690. The second kappa shape index (κ2) is 6.02. The Hall–Kier alpha value is -1.68. The molecular weight excluding hydrogens is 211 g/mol. The maximum atomic E-state index is 12.9. The molecule has 0 aliphatic rings. The molecule has 4 heteroatoms. The van der Waals surface area contributed by atoms with Crippen LogP contribution in [-0.2, 0) is 11.3 Å². The summed E-state index contributed by atoms with van der Waals surface area (Å²) in [7, 11) is 0. The first kappa shape index (κ1) is 12.4. The summed E-state index contributed by atoms with van der Waals surface area (Å²) in [5.41, 5.74) is 0.416. The molecule has 0 amide bonds. The van der Waals surface area contributed by atoms with Gasteiger partial charge < -0.3 is 9.84 Å². The molecule has 0 aliphatic carbocycles. The highest BCUT2D eigenvalue weighted by Crippen LogP contribution is 2.12. The van der Waals surface area contributed by atoms with Crippen molar-refractivity contribution in [2.24, 2.45) is 0 Å². The number of carbonyl (C=O) groups is 1. The van der Waals surface area contributed by atoms with E-state index in [1.54, 1.807) is 6.08 Å². The zero-order valence-electron chi connectivity index (χ0n) is 8.94. The Labute approximate surface area is 93.2 Å². The van der Waals surface area contributed by atoms with E-state index in [-0.39, 0.29) is 12.2 Å². The van der Waals surface area contributed by atoms with E-state index < -0.39 is 11.8 Å². The van der Waals surface area contributed by atoms with E-state index in [0.29, 0.717) is 12.2 Å². The molecule has 0 unspecified atom stereocenters. The van der Waals surface area contributed by atoms with Gasteiger partial charge in [-0.1, -0.05) is 12.2 Å². The van der Waals surface area contributed by atoms with Crippen LogP contribution in [0.2, 0.25) is 0 Å². The fourth-order valence-electron chi connectivity index (χ4n) is 1.22. The zero-order chi connectivity index (χ0) is 12.0. The number of carboxylic acids is 1. The van der Waals surface area contributed by atoms with Crippen molar-refractivity contribution in [3.8, 4) is 0 Å². The van der Waals surface area contributed by atoms with E-state index in [9.17, 15) is 9.18 Å². The van der Waals surface area contributed by atoms with Crippen molar-refractivity contribution in [3.05, 3.63) is 47.3 Å². The molecule has 0 atom stereocenters. The Morgan fingerprint density at radius 1 is 1.56 bits per heavy atom. The first-order chi connectivity index (χ1) is 7.65. The van der Waals surface area contributed by atoms with Crippen LogP contribution in [0.1, 0.15) is 22.8 Å². The molecule has 3 nitrogen and oxygen atoms in total. The number of ether oxygens (including phenoxy) is 1. The number of carboxylic acid groups (broad SMARTS) is 1. The molecule has 0 aliphatic heterocycles. The van der Waals surface area contributed by atoms with Gasteiger partial charge in [0, 0.05) is 0 Å². The first-order valence-corrected chi connectivity index (χ1v) is 4.85. The van der Waals surface area contributed by atoms with Gasteiger partial charge in [0.2, 0.25) is 0 Å². The van der Waals surface area contributed by atoms with Gasteiger partial charge in [-0.05, 0) is 30.7 Å². The van der Waals surface area contributed by atoms with E-state index in [1.807, 2.05) is 13.0 Å². The van der Waals surface area contributed by atoms with Gasteiger partial charge in [0.25, 0.3) is 0 Å². The molecule has 0 saturated heterocycles. The molecule has 0 radical (unpaired) electrons. The minimum atomic E-state index is -1.08. The highest BCUT2D eigenvalue weighted by Gasteiger charge is 2.10. The Balaban J connectivity index is 2.76. The maximum absolute atomic E-state index is 12.9. The molecule has 0 aromatic heterocycles. The highest BCUT2D eigenvalue weighted by atomic mass is 19.1. The fraction of sp³-hybridized carbons (Fsp3) is 0.250. The van der Waals surface area contributed by atoms with Crippen LogP contribution >= 0.6 is 0 Å². The third-order valence-electron chi connectivity index (χ3n) is 2.01. The molecule has 1 rings (SSSR count). The van der Waals surface area contributed by atoms with Crippen LogP contribution in [-0.4, -0.2) is 17.7 Å². The summed E-state index contributed by atoms with van der Waals surface area (Å²) in [5, 5.41) is 8.87. The van der Waals surface area contributed by atoms with Crippen molar-refractivity contribution >= 4 is 5.97 Å². The van der Waals surface area contributed by atoms with Crippen LogP contribution in [0, 0.1) is 5.82 Å². The lowest BCUT2D eigenvalue weighted by Gasteiger charge is -2.06. The smallest absolute Gasteiger partial charge is 0.336 e. The lowest BCUT2D eigenvalue weighted by Crippen LogP contribution is -2.05. The summed E-state index contributed by atoms with van der Waals surface area (Å²) in [6.07, 6.45) is 3.61. The van der Waals surface area contributed by atoms with Crippen molar-refractivity contribution in [1.29, 1.82) is 0 Å². The predicted octanol–water partition coefficient (Wildman–Crippen LogP) is 2.62. The molecule has 0 spiro atoms. The molecule has 86 valence electrons. The molecule has 1 aromatic rings. The maximum Gasteiger partial charge on any atom is 0.336 e. The Bertz CT molecular complexity index is 399. The van der Waals surface area contributed by atoms with Gasteiger partial charge in [0.15, 0.2) is 0 Å². The molecule has 16 heavy (non-hydrogen) atoms. The summed E-state index contributed by atoms with van der Waals surface area (Å²) in [6.45, 7) is 2.32. The molecule has 0 bridgehead atoms. The van der Waals surface area contributed by atoms with Crippen molar-refractivity contribution in [2.75, 3.05) is 6.61 Å². The van der Waals surface area contributed by atoms with Crippen LogP contribution in [0.25, 0.3) is 0 Å². The van der Waals surface area contributed by atoms with Gasteiger partial charge in [0.1, 0.15) is 5.82 Å². The predicted molar refractivity (Wildman–Crippen MR) is 57.8 cm³/mol. The fourth-order valence-corrected chi connectivity index (χ4v) is 1.22. The van der Waals surface area contributed by atoms with Crippen LogP contribution in [0.15, 0.2) is 30.4 Å². The first-order valence-electron chi connectivity index (χ1n) is 4.85. The zero-order valence-corrected chi connectivity index (χ0v) is 8.94. The Kier molecular flexibility index (Phi) is 4.66. The van der Waals surface area contributed by atoms with Crippen molar-refractivity contribution in [2.45, 2.75) is 13.5 Å². The molecule has 1 aromatic carbocycles. The minimum Gasteiger partial charge on any atom is -0.478 e. The van der Waals surface area contributed by atoms with Crippen molar-refractivity contribution in [1.82, 2.24) is 0 Å². The van der Waals surface area contributed by atoms with Gasteiger partial charge in [0.05, 0.1) is 18.8 Å². The second-order valence-corrected chi connectivity index (χ2v) is 3.19. The van der Waals surface area contributed by atoms with E-state index in [0.717, 1.165) is 6.07 Å². The topological polar surface area (TPSA) is 46.5 Å². The van der Waals surface area contributed by atoms with Crippen molar-refractivity contribution in [3.63, 3.8) is 0 Å². The summed E-state index contributed by atoms with van der Waals surface area (Å²) in [5.74, 6) is -1.54. The normalized spacial score (nSPS) is 10.9. The third kappa shape index (κ3) is 3.47. The van der Waals surface area contributed by atoms with Gasteiger partial charge in [-0.3, -0.25) is 0 Å². The third-order valence-corrected chi connectivity index (χ3v) is 2.01. The quantitative estimate of drug-likeness (QED) is 0.617. The van der Waals surface area contributed by atoms with Crippen LogP contribution in [0.5, 0.6) is 0 Å². The lowest BCUT2D eigenvalue weighted by atomic mass is 10.1. The number of allylic oxidation sites excluding steroid dienone is 1. The van der Waals surface area contributed by atoms with Gasteiger partial charge in [-0.25, -0.2) is 9.18 Å². The second-order valence-electron chi connectivity index (χ2n) is 3.19. The number of hydrogen-bond acceptors (Lipinski definition) is 2. The van der Waals surface area contributed by atoms with Crippen LogP contribution in [0.3, 0.4) is 0 Å². The summed E-state index contributed by atoms with van der Waals surface area (Å²) in [6, 6.07) is 3.55. The highest BCUT2D eigenvalue weighted by molar-refractivity contribution is 5.89. The minimum absolute atomic E-state index is 0.0712. The summed E-state index contributed by atoms with van der Waals surface area (Å²) in [4.78, 5) is 10.8. The van der Waals surface area contributed by atoms with Crippen molar-refractivity contribution < 1.29 is 19.0 Å². The standard InChI is InChI=1S/C12H13FO3/c1-2-3-6-16-8-9-7-10(13)4-5-11(9)12(14)15/h2-5,7H,6,8H2,1H3,(H,14,15)/b3-2+. The number of aromatic carboxylic acids is 1. The number of hydrogen-bond donors (Lipinski definition) is 1. The van der Waals surface area contributed by atoms with Gasteiger partial charge in [-0.2, -0.15) is 0 Å². The molecule has 0 fully saturated rings. The Morgan fingerprint density at radius 3 is 2.94 bits per heavy atom. The Morgan fingerprint density at radius 2 is 2.31 bits per heavy atom. The molecule has 0 heterocycles. The molecule has 1 N–H and O–H groups in total. The van der Waals surface area contributed by atoms with Crippen LogP contribution < -0.4 is 0 Å². The molecule has 0 saturated carbocycles. The largest absolute Gasteiger partial charge is 0.478 e. The van der Waals surface area contributed by atoms with Gasteiger partial charge in [-0.15, -0.1) is 0 Å². The SMILES string of the molecule is C/C=C/COCc1cc(F)ccc1C(=O)O. The average molecular weight is 224 g/mol. The molecular formula is C12H13FO3. The number of benzene rings is 1. The average Bonchev–Trinajstić information content (AvgIpc) is 2.24. The van der Waals surface area contributed by atoms with E-state index >= 15 is 0 Å². The van der Waals surface area contributed by atoms with E-state index in [2.05, 4.69) is 0 Å². The number of halogens is 1. The number of rotatable bonds is 5. The van der Waals surface area contributed by atoms with Crippen LogP contribution in [0.4, 0.5) is 4.39 Å². The van der Waals surface area contributed by atoms with Gasteiger partial charge >= 0.3 is 5.97 Å². The summed E-state index contributed by atoms with van der Waals surface area (Å²) >= 11 is 0. The van der Waals surface area contributed by atoms with E-state index in [1.165, 1.54) is 12.1 Å². The monoisotopic (exact) mass is 224 g/mol. The summed E-state index contributed by atoms with van der Waals surface area (Å²) < 4.78 is 18.1. The van der Waals surface area contributed by atoms with E-state index in [4.69, 9.17) is 9.84 Å².